The lowest BCUT2D eigenvalue weighted by Crippen LogP contribution is -2.27. The van der Waals surface area contributed by atoms with E-state index in [2.05, 4.69) is 121 Å². The van der Waals surface area contributed by atoms with Gasteiger partial charge in [0.15, 0.2) is 0 Å². The van der Waals surface area contributed by atoms with Crippen LogP contribution in [0.15, 0.2) is 109 Å². The number of rotatable bonds is 4. The van der Waals surface area contributed by atoms with Crippen molar-refractivity contribution in [1.82, 2.24) is 0 Å². The van der Waals surface area contributed by atoms with E-state index >= 15 is 0 Å². The zero-order valence-corrected chi connectivity index (χ0v) is 18.2. The third kappa shape index (κ3) is 3.41. The van der Waals surface area contributed by atoms with Crippen molar-refractivity contribution in [3.8, 4) is 0 Å². The van der Waals surface area contributed by atoms with Gasteiger partial charge >= 0.3 is 0 Å². The minimum atomic E-state index is 0.384. The van der Waals surface area contributed by atoms with Crippen molar-refractivity contribution in [2.75, 3.05) is 0 Å². The number of allylic oxidation sites excluding steroid dienone is 2. The first-order valence-corrected chi connectivity index (χ1v) is 11.9. The smallest absolute Gasteiger partial charge is 0.0720 e. The van der Waals surface area contributed by atoms with Crippen molar-refractivity contribution in [3.05, 3.63) is 143 Å². The Bertz CT molecular complexity index is 1190. The van der Waals surface area contributed by atoms with Gasteiger partial charge in [-0.3, -0.25) is 0 Å². The van der Waals surface area contributed by atoms with Gasteiger partial charge in [-0.15, -0.1) is 0 Å². The summed E-state index contributed by atoms with van der Waals surface area (Å²) in [6.45, 7) is 0. The largest absolute Gasteiger partial charge is 0.121 e. The Labute approximate surface area is 186 Å². The molecule has 0 amide bonds. The van der Waals surface area contributed by atoms with E-state index in [9.17, 15) is 0 Å². The van der Waals surface area contributed by atoms with Crippen molar-refractivity contribution in [2.24, 2.45) is 0 Å². The van der Waals surface area contributed by atoms with Gasteiger partial charge in [-0.25, -0.2) is 0 Å². The zero-order valence-electron chi connectivity index (χ0n) is 17.2. The van der Waals surface area contributed by atoms with Crippen LogP contribution >= 0.6 is 0 Å². The SMILES string of the molecule is C1=CC(c2ccc([Si]c3ccc(C4C=Cc5ccccc54)cc3)cc2)c2ccccc21. The molecule has 4 aromatic rings. The Morgan fingerprint density at radius 2 is 0.871 bits per heavy atom. The van der Waals surface area contributed by atoms with Crippen molar-refractivity contribution >= 4 is 32.0 Å². The van der Waals surface area contributed by atoms with Gasteiger partial charge in [0, 0.05) is 11.8 Å². The molecule has 2 radical (unpaired) electrons. The normalized spacial score (nSPS) is 18.2. The molecule has 31 heavy (non-hydrogen) atoms. The zero-order chi connectivity index (χ0) is 20.6. The summed E-state index contributed by atoms with van der Waals surface area (Å²) < 4.78 is 0. The fraction of sp³-hybridized carbons (Fsp3) is 0.0667. The Balaban J connectivity index is 1.17. The maximum absolute atomic E-state index is 2.32. The van der Waals surface area contributed by atoms with Gasteiger partial charge in [0.25, 0.3) is 0 Å². The summed E-state index contributed by atoms with van der Waals surface area (Å²) in [7, 11) is 0.681. The van der Waals surface area contributed by atoms with Gasteiger partial charge in [0.05, 0.1) is 0 Å². The molecule has 6 rings (SSSR count). The molecule has 0 N–H and O–H groups in total. The van der Waals surface area contributed by atoms with Gasteiger partial charge in [-0.05, 0) is 33.4 Å². The average Bonchev–Trinajstić information content (AvgIpc) is 3.45. The standard InChI is InChI=1S/C30H22Si/c1-3-7-27-21(5-1)13-19-29(27)23-9-15-25(16-10-23)31-26-17-11-24(12-18-26)30-20-14-22-6-2-4-8-28(22)30/h1-20,29-30H. The van der Waals surface area contributed by atoms with Crippen molar-refractivity contribution in [1.29, 1.82) is 0 Å². The minimum absolute atomic E-state index is 0.384. The molecule has 0 spiro atoms. The summed E-state index contributed by atoms with van der Waals surface area (Å²) in [5.41, 5.74) is 8.26. The van der Waals surface area contributed by atoms with Gasteiger partial charge in [-0.1, -0.05) is 132 Å². The molecule has 2 aliphatic rings. The van der Waals surface area contributed by atoms with E-state index in [0.717, 1.165) is 0 Å². The van der Waals surface area contributed by atoms with Gasteiger partial charge in [-0.2, -0.15) is 0 Å². The lowest BCUT2D eigenvalue weighted by molar-refractivity contribution is 1.05. The summed E-state index contributed by atoms with van der Waals surface area (Å²) in [4.78, 5) is 0. The maximum Gasteiger partial charge on any atom is 0.121 e. The topological polar surface area (TPSA) is 0 Å². The third-order valence-corrected chi connectivity index (χ3v) is 7.67. The molecule has 2 unspecified atom stereocenters. The molecular weight excluding hydrogens is 388 g/mol. The Morgan fingerprint density at radius 3 is 1.32 bits per heavy atom. The van der Waals surface area contributed by atoms with E-state index < -0.39 is 0 Å². The summed E-state index contributed by atoms with van der Waals surface area (Å²) in [5.74, 6) is 0.769. The van der Waals surface area contributed by atoms with Crippen LogP contribution < -0.4 is 10.4 Å². The first-order chi connectivity index (χ1) is 15.3. The lowest BCUT2D eigenvalue weighted by Gasteiger charge is -2.13. The summed E-state index contributed by atoms with van der Waals surface area (Å²) in [5, 5.41) is 2.77. The predicted octanol–water partition coefficient (Wildman–Crippen LogP) is 5.66. The van der Waals surface area contributed by atoms with Crippen LogP contribution in [0, 0.1) is 0 Å². The number of fused-ring (bicyclic) bond motifs is 2. The molecule has 0 heterocycles. The van der Waals surface area contributed by atoms with E-state index in [-0.39, 0.29) is 0 Å². The van der Waals surface area contributed by atoms with Crippen LogP contribution in [-0.2, 0) is 0 Å². The number of hydrogen-bond donors (Lipinski definition) is 0. The summed E-state index contributed by atoms with van der Waals surface area (Å²) in [6.07, 6.45) is 9.12. The number of benzene rings is 4. The lowest BCUT2D eigenvalue weighted by atomic mass is 9.93. The monoisotopic (exact) mass is 410 g/mol. The van der Waals surface area contributed by atoms with Gasteiger partial charge in [0.2, 0.25) is 0 Å². The fourth-order valence-corrected chi connectivity index (χ4v) is 5.79. The van der Waals surface area contributed by atoms with Crippen molar-refractivity contribution in [3.63, 3.8) is 0 Å². The van der Waals surface area contributed by atoms with Crippen molar-refractivity contribution < 1.29 is 0 Å². The first-order valence-electron chi connectivity index (χ1n) is 10.9. The second kappa shape index (κ2) is 7.68. The van der Waals surface area contributed by atoms with Crippen LogP contribution in [0.2, 0.25) is 0 Å². The molecule has 0 fully saturated rings. The Hall–Kier alpha value is -3.42. The second-order valence-corrected chi connectivity index (χ2v) is 9.71. The predicted molar refractivity (Wildman–Crippen MR) is 133 cm³/mol. The molecule has 2 atom stereocenters. The average molecular weight is 411 g/mol. The first kappa shape index (κ1) is 18.4. The molecule has 0 saturated heterocycles. The summed E-state index contributed by atoms with van der Waals surface area (Å²) >= 11 is 0. The fourth-order valence-electron chi connectivity index (χ4n) is 4.79. The highest BCUT2D eigenvalue weighted by atomic mass is 28.2. The van der Waals surface area contributed by atoms with Crippen LogP contribution in [0.1, 0.15) is 45.2 Å². The molecule has 0 aromatic heterocycles. The third-order valence-electron chi connectivity index (χ3n) is 6.43. The van der Waals surface area contributed by atoms with Crippen LogP contribution in [0.25, 0.3) is 12.2 Å². The highest BCUT2D eigenvalue weighted by molar-refractivity contribution is 6.67. The van der Waals surface area contributed by atoms with Gasteiger partial charge in [0.1, 0.15) is 9.52 Å². The van der Waals surface area contributed by atoms with E-state index in [1.165, 1.54) is 43.8 Å². The highest BCUT2D eigenvalue weighted by Gasteiger charge is 2.19. The Morgan fingerprint density at radius 1 is 0.452 bits per heavy atom. The van der Waals surface area contributed by atoms with Crippen molar-refractivity contribution in [2.45, 2.75) is 11.8 Å². The summed E-state index contributed by atoms with van der Waals surface area (Å²) in [6, 6.07) is 35.8. The molecule has 0 bridgehead atoms. The molecule has 0 nitrogen and oxygen atoms in total. The minimum Gasteiger partial charge on any atom is -0.0720 e. The van der Waals surface area contributed by atoms with E-state index in [1.807, 2.05) is 0 Å². The quantitative estimate of drug-likeness (QED) is 0.381. The molecule has 1 heteroatoms. The van der Waals surface area contributed by atoms with Crippen LogP contribution in [0.5, 0.6) is 0 Å². The number of hydrogen-bond acceptors (Lipinski definition) is 0. The molecule has 0 saturated carbocycles. The molecule has 2 aliphatic carbocycles. The maximum atomic E-state index is 2.32. The van der Waals surface area contributed by atoms with Crippen LogP contribution in [0.3, 0.4) is 0 Å². The molecule has 146 valence electrons. The van der Waals surface area contributed by atoms with Crippen LogP contribution in [0.4, 0.5) is 0 Å². The Kier molecular flexibility index (Phi) is 4.55. The molecular formula is C30H22Si. The molecule has 4 aromatic carbocycles. The van der Waals surface area contributed by atoms with E-state index in [4.69, 9.17) is 0 Å². The highest BCUT2D eigenvalue weighted by Crippen LogP contribution is 2.35. The van der Waals surface area contributed by atoms with Crippen LogP contribution in [-0.4, -0.2) is 9.52 Å². The van der Waals surface area contributed by atoms with Gasteiger partial charge < -0.3 is 0 Å². The molecule has 0 aliphatic heterocycles. The van der Waals surface area contributed by atoms with E-state index in [0.29, 0.717) is 21.4 Å². The van der Waals surface area contributed by atoms with E-state index in [1.54, 1.807) is 0 Å². The second-order valence-electron chi connectivity index (χ2n) is 8.30.